The quantitative estimate of drug-likeness (QED) is 0.110. The summed E-state index contributed by atoms with van der Waals surface area (Å²) in [4.78, 5) is 24.6. The summed E-state index contributed by atoms with van der Waals surface area (Å²) in [6, 6.07) is 24.0. The van der Waals surface area contributed by atoms with E-state index in [-0.39, 0.29) is 0 Å². The zero-order valence-corrected chi connectivity index (χ0v) is 27.1. The van der Waals surface area contributed by atoms with Gasteiger partial charge in [-0.3, -0.25) is 4.79 Å². The molecule has 1 N–H and O–H groups in total. The molecule has 1 unspecified atom stereocenters. The van der Waals surface area contributed by atoms with Crippen molar-refractivity contribution in [1.29, 1.82) is 0 Å². The van der Waals surface area contributed by atoms with E-state index in [1.54, 1.807) is 56.3 Å². The molecule has 6 rings (SSSR count). The molecule has 0 amide bonds. The lowest BCUT2D eigenvalue weighted by Crippen LogP contribution is -2.29. The maximum Gasteiger partial charge on any atom is 0.342 e. The Labute approximate surface area is 270 Å². The van der Waals surface area contributed by atoms with Crippen molar-refractivity contribution in [2.75, 3.05) is 20.5 Å². The standard InChI is InChI=1S/C26H22N2O4S2.C9H10O2/c1-15-12-16(4-11-23(15)31-2)13-20-24(17-5-10-21-22(14-17)28-34-27-21)25(29)32-26(20,30)18-6-8-19(33-3)9-7-18;1-7-5-8(6-10)3-4-9(7)11-2/h4-12,14,30H,13H2,1-3H3;3-6H,1-2H3. The SMILES string of the molecule is COc1ccc(C=O)cc1C.COc1ccc(CC2=C(c3ccc4nsnc4c3)C(=O)OC2(O)c2ccc(SC)cc2)cc1C. The van der Waals surface area contributed by atoms with Crippen LogP contribution in [-0.4, -0.2) is 46.6 Å². The highest BCUT2D eigenvalue weighted by Gasteiger charge is 2.48. The first-order chi connectivity index (χ1) is 21.7. The molecule has 10 heteroatoms. The molecule has 1 aromatic heterocycles. The molecule has 0 saturated carbocycles. The molecule has 0 aliphatic carbocycles. The van der Waals surface area contributed by atoms with Crippen LogP contribution in [0, 0.1) is 13.8 Å². The molecule has 0 bridgehead atoms. The third-order valence-corrected chi connectivity index (χ3v) is 8.87. The van der Waals surface area contributed by atoms with Crippen molar-refractivity contribution in [3.63, 3.8) is 0 Å². The van der Waals surface area contributed by atoms with Gasteiger partial charge in [0.1, 0.15) is 28.8 Å². The Hall–Kier alpha value is -4.51. The molecule has 0 fully saturated rings. The molecule has 4 aromatic carbocycles. The lowest BCUT2D eigenvalue weighted by molar-refractivity contribution is -0.185. The zero-order chi connectivity index (χ0) is 32.1. The van der Waals surface area contributed by atoms with Crippen molar-refractivity contribution in [1.82, 2.24) is 8.75 Å². The van der Waals surface area contributed by atoms with Crippen molar-refractivity contribution >= 4 is 52.4 Å². The molecule has 230 valence electrons. The minimum Gasteiger partial charge on any atom is -0.496 e. The second-order valence-corrected chi connectivity index (χ2v) is 11.8. The van der Waals surface area contributed by atoms with Gasteiger partial charge in [-0.1, -0.05) is 30.3 Å². The second-order valence-electron chi connectivity index (χ2n) is 10.4. The average Bonchev–Trinajstić information content (AvgIpc) is 3.62. The van der Waals surface area contributed by atoms with Gasteiger partial charge in [0.25, 0.3) is 5.79 Å². The Balaban J connectivity index is 0.000000309. The van der Waals surface area contributed by atoms with Crippen LogP contribution < -0.4 is 9.47 Å². The number of benzene rings is 4. The number of aromatic nitrogens is 2. The number of cyclic esters (lactones) is 1. The summed E-state index contributed by atoms with van der Waals surface area (Å²) in [6.45, 7) is 3.87. The molecule has 2 heterocycles. The van der Waals surface area contributed by atoms with E-state index in [1.807, 2.05) is 68.6 Å². The highest BCUT2D eigenvalue weighted by Crippen LogP contribution is 2.45. The van der Waals surface area contributed by atoms with E-state index in [9.17, 15) is 14.7 Å². The maximum atomic E-state index is 13.2. The summed E-state index contributed by atoms with van der Waals surface area (Å²) in [5, 5.41) is 11.8. The van der Waals surface area contributed by atoms with Gasteiger partial charge in [0.2, 0.25) is 0 Å². The number of hydrogen-bond acceptors (Lipinski definition) is 10. The molecule has 5 aromatic rings. The van der Waals surface area contributed by atoms with Crippen molar-refractivity contribution in [3.8, 4) is 11.5 Å². The van der Waals surface area contributed by atoms with E-state index in [2.05, 4.69) is 8.75 Å². The van der Waals surface area contributed by atoms with E-state index < -0.39 is 11.8 Å². The van der Waals surface area contributed by atoms with E-state index in [1.165, 1.54) is 0 Å². The van der Waals surface area contributed by atoms with Gasteiger partial charge < -0.3 is 19.3 Å². The Morgan fingerprint density at radius 1 is 0.889 bits per heavy atom. The number of rotatable bonds is 8. The number of thioether (sulfide) groups is 1. The van der Waals surface area contributed by atoms with Gasteiger partial charge in [-0.15, -0.1) is 11.8 Å². The fourth-order valence-corrected chi connectivity index (χ4v) is 6.18. The topological polar surface area (TPSA) is 108 Å². The van der Waals surface area contributed by atoms with Crippen LogP contribution in [0.5, 0.6) is 11.5 Å². The summed E-state index contributed by atoms with van der Waals surface area (Å²) in [5.41, 5.74) is 7.00. The van der Waals surface area contributed by atoms with Crippen LogP contribution in [-0.2, 0) is 21.7 Å². The molecule has 1 aliphatic heterocycles. The number of esters is 1. The summed E-state index contributed by atoms with van der Waals surface area (Å²) in [5.74, 6) is -0.858. The van der Waals surface area contributed by atoms with Gasteiger partial charge in [-0.2, -0.15) is 8.75 Å². The number of nitrogens with zero attached hydrogens (tertiary/aromatic N) is 2. The second kappa shape index (κ2) is 13.6. The number of aliphatic hydroxyl groups is 1. The molecule has 8 nitrogen and oxygen atoms in total. The van der Waals surface area contributed by atoms with E-state index in [0.717, 1.165) is 56.6 Å². The van der Waals surface area contributed by atoms with Gasteiger partial charge in [0.05, 0.1) is 31.5 Å². The van der Waals surface area contributed by atoms with Crippen LogP contribution >= 0.6 is 23.5 Å². The minimum atomic E-state index is -1.88. The zero-order valence-electron chi connectivity index (χ0n) is 25.5. The smallest absolute Gasteiger partial charge is 0.342 e. The van der Waals surface area contributed by atoms with Crippen molar-refractivity contribution in [2.45, 2.75) is 31.0 Å². The number of aryl methyl sites for hydroxylation is 2. The summed E-state index contributed by atoms with van der Waals surface area (Å²) >= 11 is 2.72. The van der Waals surface area contributed by atoms with E-state index in [4.69, 9.17) is 14.2 Å². The number of ether oxygens (including phenoxy) is 3. The van der Waals surface area contributed by atoms with Gasteiger partial charge in [0, 0.05) is 28.0 Å². The van der Waals surface area contributed by atoms with Crippen LogP contribution in [0.1, 0.15) is 38.2 Å². The Kier molecular flexibility index (Phi) is 9.67. The molecule has 0 saturated heterocycles. The fourth-order valence-electron chi connectivity index (χ4n) is 5.26. The van der Waals surface area contributed by atoms with Crippen molar-refractivity contribution in [2.24, 2.45) is 0 Å². The van der Waals surface area contributed by atoms with Crippen molar-refractivity contribution < 1.29 is 28.9 Å². The molecular formula is C35H32N2O6S2. The van der Waals surface area contributed by atoms with Crippen molar-refractivity contribution in [3.05, 3.63) is 118 Å². The molecule has 0 spiro atoms. The van der Waals surface area contributed by atoms with Crippen LogP contribution in [0.2, 0.25) is 0 Å². The first-order valence-electron chi connectivity index (χ1n) is 14.0. The van der Waals surface area contributed by atoms with Crippen LogP contribution in [0.15, 0.2) is 89.3 Å². The maximum absolute atomic E-state index is 13.2. The number of carbonyl (C=O) groups excluding carboxylic acids is 2. The summed E-state index contributed by atoms with van der Waals surface area (Å²) < 4.78 is 24.7. The number of carbonyl (C=O) groups is 2. The molecule has 1 atom stereocenters. The van der Waals surface area contributed by atoms with Gasteiger partial charge in [-0.25, -0.2) is 4.79 Å². The number of fused-ring (bicyclic) bond motifs is 1. The van der Waals surface area contributed by atoms with E-state index >= 15 is 0 Å². The third kappa shape index (κ3) is 6.63. The first kappa shape index (κ1) is 31.9. The van der Waals surface area contributed by atoms with Crippen LogP contribution in [0.25, 0.3) is 16.6 Å². The van der Waals surface area contributed by atoms with Gasteiger partial charge in [0.15, 0.2) is 0 Å². The number of methoxy groups -OCH3 is 2. The predicted octanol–water partition coefficient (Wildman–Crippen LogP) is 6.94. The normalized spacial score (nSPS) is 15.8. The number of hydrogen-bond donors (Lipinski definition) is 1. The van der Waals surface area contributed by atoms with Crippen LogP contribution in [0.4, 0.5) is 0 Å². The van der Waals surface area contributed by atoms with Gasteiger partial charge >= 0.3 is 5.97 Å². The largest absolute Gasteiger partial charge is 0.496 e. The third-order valence-electron chi connectivity index (χ3n) is 7.57. The summed E-state index contributed by atoms with van der Waals surface area (Å²) in [6.07, 6.45) is 3.13. The monoisotopic (exact) mass is 640 g/mol. The predicted molar refractivity (Wildman–Crippen MR) is 177 cm³/mol. The molecule has 45 heavy (non-hydrogen) atoms. The average molecular weight is 641 g/mol. The lowest BCUT2D eigenvalue weighted by Gasteiger charge is -2.26. The molecule has 0 radical (unpaired) electrons. The molecular weight excluding hydrogens is 609 g/mol. The Bertz CT molecular complexity index is 1900. The summed E-state index contributed by atoms with van der Waals surface area (Å²) in [7, 11) is 3.25. The fraction of sp³-hybridized carbons (Fsp3) is 0.200. The Morgan fingerprint density at radius 3 is 2.18 bits per heavy atom. The number of aldehydes is 1. The van der Waals surface area contributed by atoms with Crippen LogP contribution in [0.3, 0.4) is 0 Å². The molecule has 1 aliphatic rings. The minimum absolute atomic E-state index is 0.319. The highest BCUT2D eigenvalue weighted by atomic mass is 32.2. The first-order valence-corrected chi connectivity index (χ1v) is 16.0. The lowest BCUT2D eigenvalue weighted by atomic mass is 9.87. The van der Waals surface area contributed by atoms with Gasteiger partial charge in [-0.05, 0) is 90.9 Å². The van der Waals surface area contributed by atoms with E-state index in [0.29, 0.717) is 39.8 Å². The highest BCUT2D eigenvalue weighted by molar-refractivity contribution is 7.98. The Morgan fingerprint density at radius 2 is 1.56 bits per heavy atom.